The number of hydrogen-bond acceptors (Lipinski definition) is 4. The Hall–Kier alpha value is -2.04. The third-order valence-electron chi connectivity index (χ3n) is 4.15. The molecule has 25 heavy (non-hydrogen) atoms. The number of allylic oxidation sites excluding steroid dienone is 3. The van der Waals surface area contributed by atoms with E-state index in [0.717, 1.165) is 49.4 Å². The van der Waals surface area contributed by atoms with Crippen LogP contribution in [0.3, 0.4) is 0 Å². The highest BCUT2D eigenvalue weighted by Crippen LogP contribution is 2.32. The highest BCUT2D eigenvalue weighted by atomic mass is 32.2. The summed E-state index contributed by atoms with van der Waals surface area (Å²) < 4.78 is 7.52. The third-order valence-corrected chi connectivity index (χ3v) is 5.17. The average Bonchev–Trinajstić information content (AvgIpc) is 2.67. The van der Waals surface area contributed by atoms with E-state index in [1.165, 1.54) is 5.57 Å². The van der Waals surface area contributed by atoms with E-state index in [9.17, 15) is 4.79 Å². The molecular formula is C21H25NO2S. The van der Waals surface area contributed by atoms with Crippen LogP contribution in [0.4, 0.5) is 0 Å². The van der Waals surface area contributed by atoms with Crippen LogP contribution in [0, 0.1) is 5.92 Å². The van der Waals surface area contributed by atoms with Crippen LogP contribution in [0.15, 0.2) is 78.5 Å². The van der Waals surface area contributed by atoms with Gasteiger partial charge in [0, 0.05) is 35.6 Å². The molecule has 1 aliphatic heterocycles. The highest BCUT2D eigenvalue weighted by Gasteiger charge is 2.19. The molecule has 0 spiro atoms. The minimum Gasteiger partial charge on any atom is -0.381 e. The predicted octanol–water partition coefficient (Wildman–Crippen LogP) is 5.39. The number of carbonyl (C=O) groups is 1. The number of aldehydes is 1. The van der Waals surface area contributed by atoms with Crippen molar-refractivity contribution in [1.29, 1.82) is 0 Å². The lowest BCUT2D eigenvalue weighted by Gasteiger charge is -2.27. The van der Waals surface area contributed by atoms with Crippen LogP contribution in [0.5, 0.6) is 0 Å². The van der Waals surface area contributed by atoms with E-state index in [4.69, 9.17) is 4.74 Å². The number of carbonyl (C=O) groups excluding carboxylic acids is 1. The Morgan fingerprint density at radius 2 is 1.92 bits per heavy atom. The van der Waals surface area contributed by atoms with Crippen molar-refractivity contribution in [3.05, 3.63) is 79.2 Å². The maximum absolute atomic E-state index is 10.8. The average molecular weight is 356 g/mol. The summed E-state index contributed by atoms with van der Waals surface area (Å²) in [4.78, 5) is 11.9. The number of rotatable bonds is 9. The first-order valence-electron chi connectivity index (χ1n) is 8.41. The lowest BCUT2D eigenvalue weighted by molar-refractivity contribution is 0.0751. The molecule has 0 unspecified atom stereocenters. The van der Waals surface area contributed by atoms with E-state index < -0.39 is 0 Å². The molecule has 4 heteroatoms. The zero-order valence-electron chi connectivity index (χ0n) is 14.5. The van der Waals surface area contributed by atoms with Crippen molar-refractivity contribution in [1.82, 2.24) is 4.31 Å². The molecule has 0 N–H and O–H groups in total. The number of nitrogens with zero attached hydrogens (tertiary/aromatic N) is 1. The Morgan fingerprint density at radius 3 is 2.48 bits per heavy atom. The van der Waals surface area contributed by atoms with Crippen molar-refractivity contribution in [2.75, 3.05) is 13.2 Å². The summed E-state index contributed by atoms with van der Waals surface area (Å²) >= 11 is 1.56. The second kappa shape index (κ2) is 10.1. The van der Waals surface area contributed by atoms with E-state index in [2.05, 4.69) is 25.9 Å². The molecule has 0 atom stereocenters. The third kappa shape index (κ3) is 5.76. The molecule has 0 radical (unpaired) electrons. The van der Waals surface area contributed by atoms with Gasteiger partial charge in [-0.05, 0) is 60.9 Å². The SMILES string of the molecule is C=CC/C(=C\N(Sc1ccc(C=O)cc1)C(=C)C=C)C1CCOCC1. The van der Waals surface area contributed by atoms with Crippen LogP contribution in [0.1, 0.15) is 29.6 Å². The molecule has 0 amide bonds. The van der Waals surface area contributed by atoms with Gasteiger partial charge in [0.05, 0.1) is 0 Å². The molecule has 2 rings (SSSR count). The summed E-state index contributed by atoms with van der Waals surface area (Å²) in [5.74, 6) is 0.505. The molecule has 0 aromatic heterocycles. The predicted molar refractivity (Wildman–Crippen MR) is 105 cm³/mol. The molecule has 132 valence electrons. The molecule has 1 saturated heterocycles. The minimum absolute atomic E-state index is 0.505. The van der Waals surface area contributed by atoms with Crippen LogP contribution >= 0.6 is 11.9 Å². The van der Waals surface area contributed by atoms with Crippen LogP contribution in [-0.2, 0) is 4.74 Å². The van der Waals surface area contributed by atoms with E-state index in [0.29, 0.717) is 11.5 Å². The van der Waals surface area contributed by atoms with Crippen molar-refractivity contribution in [3.8, 4) is 0 Å². The molecule has 0 aliphatic carbocycles. The van der Waals surface area contributed by atoms with Gasteiger partial charge in [-0.1, -0.05) is 31.4 Å². The maximum atomic E-state index is 10.8. The molecule has 0 saturated carbocycles. The van der Waals surface area contributed by atoms with Crippen LogP contribution in [-0.4, -0.2) is 23.8 Å². The second-order valence-electron chi connectivity index (χ2n) is 5.88. The van der Waals surface area contributed by atoms with E-state index in [1.807, 2.05) is 34.6 Å². The Bertz CT molecular complexity index is 642. The van der Waals surface area contributed by atoms with Gasteiger partial charge in [0.25, 0.3) is 0 Å². The van der Waals surface area contributed by atoms with Gasteiger partial charge in [-0.25, -0.2) is 0 Å². The first-order chi connectivity index (χ1) is 12.2. The van der Waals surface area contributed by atoms with Gasteiger partial charge in [0.2, 0.25) is 0 Å². The number of ether oxygens (including phenoxy) is 1. The van der Waals surface area contributed by atoms with Crippen LogP contribution in [0.2, 0.25) is 0 Å². The van der Waals surface area contributed by atoms with E-state index in [1.54, 1.807) is 18.0 Å². The Labute approximate surface area is 154 Å². The fourth-order valence-electron chi connectivity index (χ4n) is 2.69. The lowest BCUT2D eigenvalue weighted by Crippen LogP contribution is -2.19. The van der Waals surface area contributed by atoms with E-state index >= 15 is 0 Å². The summed E-state index contributed by atoms with van der Waals surface area (Å²) in [5, 5.41) is 0. The standard InChI is InChI=1S/C21H25NO2S/c1-4-6-20(19-11-13-24-14-12-19)15-22(17(3)5-2)25-21-9-7-18(16-23)8-10-21/h4-5,7-10,15-16,19H,1-3,6,11-14H2/b20-15+. The normalized spacial score (nSPS) is 15.4. The van der Waals surface area contributed by atoms with Gasteiger partial charge in [-0.15, -0.1) is 6.58 Å². The molecule has 0 bridgehead atoms. The molecule has 1 aromatic rings. The van der Waals surface area contributed by atoms with Gasteiger partial charge in [-0.2, -0.15) is 0 Å². The lowest BCUT2D eigenvalue weighted by atomic mass is 9.90. The van der Waals surface area contributed by atoms with Gasteiger partial charge in [-0.3, -0.25) is 9.10 Å². The van der Waals surface area contributed by atoms with Crippen molar-refractivity contribution in [2.45, 2.75) is 24.2 Å². The summed E-state index contributed by atoms with van der Waals surface area (Å²) in [6.07, 6.45) is 9.61. The summed E-state index contributed by atoms with van der Waals surface area (Å²) in [7, 11) is 0. The number of hydrogen-bond donors (Lipinski definition) is 0. The minimum atomic E-state index is 0.505. The Morgan fingerprint density at radius 1 is 1.24 bits per heavy atom. The Balaban J connectivity index is 2.23. The molecule has 1 aliphatic rings. The second-order valence-corrected chi connectivity index (χ2v) is 6.93. The maximum Gasteiger partial charge on any atom is 0.150 e. The van der Waals surface area contributed by atoms with Gasteiger partial charge < -0.3 is 4.74 Å². The monoisotopic (exact) mass is 355 g/mol. The summed E-state index contributed by atoms with van der Waals surface area (Å²) in [5.41, 5.74) is 2.82. The van der Waals surface area contributed by atoms with Crippen LogP contribution in [0.25, 0.3) is 0 Å². The first kappa shape index (κ1) is 19.3. The quantitative estimate of drug-likeness (QED) is 0.257. The van der Waals surface area contributed by atoms with Crippen molar-refractivity contribution in [3.63, 3.8) is 0 Å². The van der Waals surface area contributed by atoms with Crippen molar-refractivity contribution < 1.29 is 9.53 Å². The highest BCUT2D eigenvalue weighted by molar-refractivity contribution is 7.97. The van der Waals surface area contributed by atoms with Crippen LogP contribution < -0.4 is 0 Å². The molecular weight excluding hydrogens is 330 g/mol. The first-order valence-corrected chi connectivity index (χ1v) is 9.18. The van der Waals surface area contributed by atoms with Crippen molar-refractivity contribution in [2.24, 2.45) is 5.92 Å². The smallest absolute Gasteiger partial charge is 0.150 e. The summed E-state index contributed by atoms with van der Waals surface area (Å²) in [6.45, 7) is 13.5. The topological polar surface area (TPSA) is 29.5 Å². The zero-order valence-corrected chi connectivity index (χ0v) is 15.3. The van der Waals surface area contributed by atoms with Gasteiger partial charge in [0.15, 0.2) is 0 Å². The Kier molecular flexibility index (Phi) is 7.76. The zero-order chi connectivity index (χ0) is 18.1. The van der Waals surface area contributed by atoms with Crippen molar-refractivity contribution >= 4 is 18.2 Å². The fourth-order valence-corrected chi connectivity index (χ4v) is 3.55. The van der Waals surface area contributed by atoms with E-state index in [-0.39, 0.29) is 0 Å². The largest absolute Gasteiger partial charge is 0.381 e. The molecule has 1 fully saturated rings. The molecule has 3 nitrogen and oxygen atoms in total. The fraction of sp³-hybridized carbons (Fsp3) is 0.286. The summed E-state index contributed by atoms with van der Waals surface area (Å²) in [6, 6.07) is 7.51. The number of benzene rings is 1. The molecule has 1 aromatic carbocycles. The van der Waals surface area contributed by atoms with Gasteiger partial charge >= 0.3 is 0 Å². The molecule has 1 heterocycles. The van der Waals surface area contributed by atoms with Gasteiger partial charge in [0.1, 0.15) is 6.29 Å².